The van der Waals surface area contributed by atoms with Crippen molar-refractivity contribution in [1.82, 2.24) is 10.0 Å². The Kier molecular flexibility index (Phi) is 7.80. The smallest absolute Gasteiger partial charge is 0.416 e. The van der Waals surface area contributed by atoms with Crippen molar-refractivity contribution in [2.75, 3.05) is 13.7 Å². The van der Waals surface area contributed by atoms with E-state index in [4.69, 9.17) is 0 Å². The minimum absolute atomic E-state index is 0.189. The van der Waals surface area contributed by atoms with Crippen LogP contribution in [0.1, 0.15) is 29.2 Å². The second kappa shape index (κ2) is 9.92. The van der Waals surface area contributed by atoms with Crippen molar-refractivity contribution >= 4 is 21.9 Å². The number of methoxy groups -OCH3 is 1. The molecule has 168 valence electrons. The fourth-order valence-corrected chi connectivity index (χ4v) is 3.66. The molecule has 2 aromatic carbocycles. The number of rotatable bonds is 8. The lowest BCUT2D eigenvalue weighted by Gasteiger charge is -2.19. The Bertz CT molecular complexity index is 1040. The predicted octanol–water partition coefficient (Wildman–Crippen LogP) is 2.71. The molecular weight excluding hydrogens is 437 g/mol. The van der Waals surface area contributed by atoms with Gasteiger partial charge in [-0.2, -0.15) is 13.2 Å². The summed E-state index contributed by atoms with van der Waals surface area (Å²) in [4.78, 5) is 23.4. The summed E-state index contributed by atoms with van der Waals surface area (Å²) in [6, 6.07) is 9.36. The van der Waals surface area contributed by atoms with Crippen LogP contribution in [0, 0.1) is 6.92 Å². The second-order valence-electron chi connectivity index (χ2n) is 6.66. The van der Waals surface area contributed by atoms with Crippen LogP contribution in [0.2, 0.25) is 0 Å². The molecule has 2 aromatic rings. The summed E-state index contributed by atoms with van der Waals surface area (Å²) in [6.07, 6.45) is -4.90. The van der Waals surface area contributed by atoms with Crippen LogP contribution in [0.25, 0.3) is 0 Å². The third kappa shape index (κ3) is 7.07. The number of sulfonamides is 1. The highest BCUT2D eigenvalue weighted by Gasteiger charge is 2.31. The Morgan fingerprint density at radius 3 is 2.32 bits per heavy atom. The van der Waals surface area contributed by atoms with Gasteiger partial charge >= 0.3 is 12.1 Å². The van der Waals surface area contributed by atoms with Crippen molar-refractivity contribution < 1.29 is 35.9 Å². The van der Waals surface area contributed by atoms with E-state index in [1.807, 2.05) is 11.6 Å². The number of alkyl halides is 3. The standard InChI is InChI=1S/C20H21F3N2O5S/c1-13-6-8-14(9-7-13)17(11-19(27)30-2)25-18(26)12-24-31(28,29)16-5-3-4-15(10-16)20(21,22)23/h3-10,17,24H,11-12H2,1-2H3,(H,25,26). The first-order chi connectivity index (χ1) is 14.4. The molecule has 1 unspecified atom stereocenters. The largest absolute Gasteiger partial charge is 0.469 e. The molecule has 0 spiro atoms. The average Bonchev–Trinajstić information content (AvgIpc) is 2.72. The van der Waals surface area contributed by atoms with E-state index in [0.29, 0.717) is 11.6 Å². The van der Waals surface area contributed by atoms with Crippen molar-refractivity contribution in [3.05, 3.63) is 65.2 Å². The van der Waals surface area contributed by atoms with Gasteiger partial charge in [-0.15, -0.1) is 0 Å². The number of benzene rings is 2. The lowest BCUT2D eigenvalue weighted by Crippen LogP contribution is -2.39. The van der Waals surface area contributed by atoms with Gasteiger partial charge in [0.05, 0.1) is 36.6 Å². The summed E-state index contributed by atoms with van der Waals surface area (Å²) >= 11 is 0. The fraction of sp³-hybridized carbons (Fsp3) is 0.300. The molecule has 0 saturated carbocycles. The first-order valence-corrected chi connectivity index (χ1v) is 10.5. The highest BCUT2D eigenvalue weighted by molar-refractivity contribution is 7.89. The molecule has 0 radical (unpaired) electrons. The molecule has 0 heterocycles. The van der Waals surface area contributed by atoms with Crippen molar-refractivity contribution in [3.8, 4) is 0 Å². The van der Waals surface area contributed by atoms with E-state index in [1.54, 1.807) is 24.3 Å². The molecule has 2 N–H and O–H groups in total. The number of carbonyl (C=O) groups is 2. The third-order valence-electron chi connectivity index (χ3n) is 4.31. The number of amides is 1. The highest BCUT2D eigenvalue weighted by atomic mass is 32.2. The minimum atomic E-state index is -4.71. The number of carbonyl (C=O) groups excluding carboxylic acids is 2. The molecule has 0 aliphatic rings. The lowest BCUT2D eigenvalue weighted by molar-refractivity contribution is -0.141. The SMILES string of the molecule is COC(=O)CC(NC(=O)CNS(=O)(=O)c1cccc(C(F)(F)F)c1)c1ccc(C)cc1. The Balaban J connectivity index is 2.10. The molecule has 1 amide bonds. The number of ether oxygens (including phenoxy) is 1. The van der Waals surface area contributed by atoms with E-state index in [2.05, 4.69) is 10.1 Å². The monoisotopic (exact) mass is 458 g/mol. The third-order valence-corrected chi connectivity index (χ3v) is 5.71. The van der Waals surface area contributed by atoms with Gasteiger partial charge in [-0.05, 0) is 30.7 Å². The van der Waals surface area contributed by atoms with E-state index >= 15 is 0 Å². The number of hydrogen-bond acceptors (Lipinski definition) is 5. The van der Waals surface area contributed by atoms with E-state index in [9.17, 15) is 31.2 Å². The summed E-state index contributed by atoms with van der Waals surface area (Å²) in [5.74, 6) is -1.36. The number of aryl methyl sites for hydroxylation is 1. The zero-order valence-corrected chi connectivity index (χ0v) is 17.5. The van der Waals surface area contributed by atoms with E-state index in [1.165, 1.54) is 7.11 Å². The number of hydrogen-bond donors (Lipinski definition) is 2. The maximum absolute atomic E-state index is 12.8. The van der Waals surface area contributed by atoms with Gasteiger partial charge < -0.3 is 10.1 Å². The molecular formula is C20H21F3N2O5S. The molecule has 0 aliphatic carbocycles. The Labute approximate surface area is 177 Å². The van der Waals surface area contributed by atoms with Gasteiger partial charge in [-0.3, -0.25) is 9.59 Å². The summed E-state index contributed by atoms with van der Waals surface area (Å²) < 4.78 is 69.6. The molecule has 7 nitrogen and oxygen atoms in total. The average molecular weight is 458 g/mol. The fourth-order valence-electron chi connectivity index (χ4n) is 2.63. The molecule has 0 aliphatic heterocycles. The summed E-state index contributed by atoms with van der Waals surface area (Å²) in [5, 5.41) is 2.53. The number of halogens is 3. The van der Waals surface area contributed by atoms with Crippen LogP contribution in [0.3, 0.4) is 0 Å². The van der Waals surface area contributed by atoms with Crippen LogP contribution in [-0.4, -0.2) is 33.9 Å². The molecule has 0 aromatic heterocycles. The molecule has 0 bridgehead atoms. The van der Waals surface area contributed by atoms with Crippen LogP contribution < -0.4 is 10.0 Å². The van der Waals surface area contributed by atoms with E-state index in [-0.39, 0.29) is 6.42 Å². The summed E-state index contributed by atoms with van der Waals surface area (Å²) in [7, 11) is -3.18. The van der Waals surface area contributed by atoms with Crippen LogP contribution >= 0.6 is 0 Å². The van der Waals surface area contributed by atoms with Crippen LogP contribution in [0.4, 0.5) is 13.2 Å². The van der Waals surface area contributed by atoms with Crippen molar-refractivity contribution in [1.29, 1.82) is 0 Å². The lowest BCUT2D eigenvalue weighted by atomic mass is 10.0. The minimum Gasteiger partial charge on any atom is -0.469 e. The first-order valence-electron chi connectivity index (χ1n) is 9.02. The zero-order valence-electron chi connectivity index (χ0n) is 16.7. The van der Waals surface area contributed by atoms with Crippen molar-refractivity contribution in [3.63, 3.8) is 0 Å². The second-order valence-corrected chi connectivity index (χ2v) is 8.43. The van der Waals surface area contributed by atoms with E-state index < -0.39 is 51.1 Å². The predicted molar refractivity (Wildman–Crippen MR) is 105 cm³/mol. The van der Waals surface area contributed by atoms with Crippen molar-refractivity contribution in [2.45, 2.75) is 30.5 Å². The molecule has 0 fully saturated rings. The topological polar surface area (TPSA) is 102 Å². The maximum atomic E-state index is 12.8. The van der Waals surface area contributed by atoms with Gasteiger partial charge in [0.15, 0.2) is 0 Å². The number of nitrogens with one attached hydrogen (secondary N) is 2. The van der Waals surface area contributed by atoms with Gasteiger partial charge in [0.25, 0.3) is 0 Å². The van der Waals surface area contributed by atoms with E-state index in [0.717, 1.165) is 23.8 Å². The van der Waals surface area contributed by atoms with Crippen LogP contribution in [0.5, 0.6) is 0 Å². The Morgan fingerprint density at radius 1 is 1.10 bits per heavy atom. The quantitative estimate of drug-likeness (QED) is 0.593. The number of esters is 1. The normalized spacial score (nSPS) is 12.8. The highest BCUT2D eigenvalue weighted by Crippen LogP contribution is 2.30. The molecule has 0 saturated heterocycles. The van der Waals surface area contributed by atoms with Gasteiger partial charge in [-0.1, -0.05) is 35.9 Å². The molecule has 31 heavy (non-hydrogen) atoms. The molecule has 2 rings (SSSR count). The Morgan fingerprint density at radius 2 is 1.74 bits per heavy atom. The maximum Gasteiger partial charge on any atom is 0.416 e. The van der Waals surface area contributed by atoms with Gasteiger partial charge in [-0.25, -0.2) is 13.1 Å². The Hall–Kier alpha value is -2.92. The first kappa shape index (κ1) is 24.4. The van der Waals surface area contributed by atoms with Crippen LogP contribution in [-0.2, 0) is 30.5 Å². The van der Waals surface area contributed by atoms with Gasteiger partial charge in [0.1, 0.15) is 0 Å². The zero-order chi connectivity index (χ0) is 23.2. The summed E-state index contributed by atoms with van der Waals surface area (Å²) in [5.41, 5.74) is 0.433. The van der Waals surface area contributed by atoms with Crippen molar-refractivity contribution in [2.24, 2.45) is 0 Å². The van der Waals surface area contributed by atoms with Gasteiger partial charge in [0.2, 0.25) is 15.9 Å². The van der Waals surface area contributed by atoms with Gasteiger partial charge in [0, 0.05) is 0 Å². The molecule has 1 atom stereocenters. The van der Waals surface area contributed by atoms with Crippen LogP contribution in [0.15, 0.2) is 53.4 Å². The molecule has 11 heteroatoms. The summed E-state index contributed by atoms with van der Waals surface area (Å²) in [6.45, 7) is 1.13.